The lowest BCUT2D eigenvalue weighted by atomic mass is 10.4. The summed E-state index contributed by atoms with van der Waals surface area (Å²) in [6, 6.07) is 1.55. The van der Waals surface area contributed by atoms with Gasteiger partial charge in [0.25, 0.3) is 0 Å². The van der Waals surface area contributed by atoms with E-state index in [0.717, 1.165) is 0 Å². The van der Waals surface area contributed by atoms with Crippen LogP contribution in [0.15, 0.2) is 18.5 Å². The van der Waals surface area contributed by atoms with E-state index in [2.05, 4.69) is 4.98 Å². The maximum atomic E-state index is 11.3. The van der Waals surface area contributed by atoms with Crippen molar-refractivity contribution in [1.82, 2.24) is 4.98 Å². The molecule has 0 aromatic carbocycles. The molecule has 0 fully saturated rings. The van der Waals surface area contributed by atoms with Gasteiger partial charge in [0.1, 0.15) is 6.20 Å². The smallest absolute Gasteiger partial charge is 0.358 e. The van der Waals surface area contributed by atoms with Gasteiger partial charge in [-0.15, -0.1) is 0 Å². The summed E-state index contributed by atoms with van der Waals surface area (Å²) in [6.07, 6.45) is 2.09. The van der Waals surface area contributed by atoms with Gasteiger partial charge in [0.2, 0.25) is 5.02 Å². The second-order valence-corrected chi connectivity index (χ2v) is 7.92. The molecule has 0 saturated heterocycles. The highest BCUT2D eigenvalue weighted by Crippen LogP contribution is 2.66. The van der Waals surface area contributed by atoms with Gasteiger partial charge in [0, 0.05) is 6.07 Å². The van der Waals surface area contributed by atoms with E-state index in [1.807, 2.05) is 0 Å². The molecule has 0 bridgehead atoms. The van der Waals surface area contributed by atoms with Crippen molar-refractivity contribution in [3.05, 3.63) is 24.3 Å². The lowest BCUT2D eigenvalue weighted by molar-refractivity contribution is -0.682. The van der Waals surface area contributed by atoms with Gasteiger partial charge in [-0.25, -0.2) is 4.57 Å². The Bertz CT molecular complexity index is 521. The van der Waals surface area contributed by atoms with Gasteiger partial charge < -0.3 is 37.7 Å². The summed E-state index contributed by atoms with van der Waals surface area (Å²) >= 11 is 0. The van der Waals surface area contributed by atoms with E-state index in [-0.39, 0.29) is 18.2 Å². The molecule has 1 aromatic heterocycles. The Morgan fingerprint density at radius 2 is 1.79 bits per heavy atom. The van der Waals surface area contributed by atoms with Crippen molar-refractivity contribution in [2.45, 2.75) is 11.4 Å². The predicted molar refractivity (Wildman–Crippen MR) is 60.1 cm³/mol. The number of nitrogens with two attached hydrogens (primary N) is 1. The van der Waals surface area contributed by atoms with Crippen LogP contribution in [0.2, 0.25) is 0 Å². The highest BCUT2D eigenvalue weighted by Gasteiger charge is 2.59. The topological polar surface area (TPSA) is 158 Å². The van der Waals surface area contributed by atoms with Crippen LogP contribution < -0.4 is 22.7 Å². The van der Waals surface area contributed by atoms with E-state index in [1.165, 1.54) is 24.0 Å². The molecule has 0 aliphatic rings. The van der Waals surface area contributed by atoms with Crippen LogP contribution in [0.5, 0.6) is 0 Å². The van der Waals surface area contributed by atoms with Crippen molar-refractivity contribution in [2.24, 2.45) is 12.8 Å². The monoisotopic (exact) mass is 333 g/mol. The molecule has 0 aliphatic heterocycles. The maximum absolute atomic E-state index is 11.3. The van der Waals surface area contributed by atoms with Gasteiger partial charge in [-0.1, -0.05) is 4.98 Å². The minimum Gasteiger partial charge on any atom is -1.00 e. The number of aromatic nitrogens is 2. The number of aryl methyl sites for hydroxylation is 1. The van der Waals surface area contributed by atoms with Crippen molar-refractivity contribution in [3.8, 4) is 0 Å². The van der Waals surface area contributed by atoms with E-state index in [9.17, 15) is 9.13 Å². The summed E-state index contributed by atoms with van der Waals surface area (Å²) in [4.78, 5) is 40.1. The van der Waals surface area contributed by atoms with Crippen LogP contribution in [-0.4, -0.2) is 29.6 Å². The first kappa shape index (κ1) is 18.6. The number of rotatable bonds is 4. The van der Waals surface area contributed by atoms with Crippen molar-refractivity contribution in [3.63, 3.8) is 0 Å². The maximum Gasteiger partial charge on any atom is 0.358 e. The minimum absolute atomic E-state index is 0. The van der Waals surface area contributed by atoms with Crippen LogP contribution in [0.4, 0.5) is 0 Å². The highest BCUT2D eigenvalue weighted by atomic mass is 35.5. The summed E-state index contributed by atoms with van der Waals surface area (Å²) in [5.41, 5.74) is 5.27. The Morgan fingerprint density at radius 1 is 1.32 bits per heavy atom. The van der Waals surface area contributed by atoms with Crippen molar-refractivity contribution in [2.75, 3.05) is 0 Å². The van der Waals surface area contributed by atoms with Gasteiger partial charge in [-0.3, -0.25) is 9.13 Å². The first-order chi connectivity index (χ1) is 7.99. The summed E-state index contributed by atoms with van der Waals surface area (Å²) in [7, 11) is -8.95. The fourth-order valence-corrected chi connectivity index (χ4v) is 3.30. The summed E-state index contributed by atoms with van der Waals surface area (Å²) in [5, 5.41) is -2.98. The Labute approximate surface area is 115 Å². The molecule has 0 aliphatic carbocycles. The van der Waals surface area contributed by atoms with Crippen LogP contribution in [-0.2, 0) is 22.6 Å². The van der Waals surface area contributed by atoms with E-state index in [1.54, 1.807) is 6.07 Å². The van der Waals surface area contributed by atoms with Crippen LogP contribution in [0.3, 0.4) is 0 Å². The molecule has 110 valence electrons. The SMILES string of the molecule is C[n+]1cccnc1CC(N)(P(=O)(O)O)P(=O)(O)O.[Cl-]. The minimum atomic E-state index is -5.23. The lowest BCUT2D eigenvalue weighted by Crippen LogP contribution is -3.00. The third-order valence-electron chi connectivity index (χ3n) is 2.45. The second kappa shape index (κ2) is 5.95. The van der Waals surface area contributed by atoms with E-state index in [4.69, 9.17) is 25.3 Å². The van der Waals surface area contributed by atoms with Crippen molar-refractivity contribution < 1.29 is 45.7 Å². The number of hydrogen-bond donors (Lipinski definition) is 5. The number of halogens is 1. The largest absolute Gasteiger partial charge is 1.00 e. The standard InChI is InChI=1S/C7H13N3O6P2.ClH/c1-10-4-2-3-9-6(10)5-7(8,17(11,12)13)18(14,15)16;/h2-4H,5,8H2,1H3,(H3-,11,12,13,14,15,16);1H. The van der Waals surface area contributed by atoms with E-state index in [0.29, 0.717) is 0 Å². The second-order valence-electron chi connectivity index (χ2n) is 3.79. The molecule has 9 nitrogen and oxygen atoms in total. The van der Waals surface area contributed by atoms with Crippen molar-refractivity contribution in [1.29, 1.82) is 0 Å². The van der Waals surface area contributed by atoms with E-state index >= 15 is 0 Å². The third kappa shape index (κ3) is 3.81. The Balaban J connectivity index is 0.00000324. The zero-order chi connectivity index (χ0) is 14.2. The Kier molecular flexibility index (Phi) is 5.83. The molecule has 0 unspecified atom stereocenters. The van der Waals surface area contributed by atoms with Gasteiger partial charge in [-0.05, 0) is 0 Å². The Morgan fingerprint density at radius 3 is 2.16 bits per heavy atom. The number of hydrogen-bond acceptors (Lipinski definition) is 4. The molecule has 12 heteroatoms. The molecule has 0 spiro atoms. The molecule has 0 atom stereocenters. The fourth-order valence-electron chi connectivity index (χ4n) is 1.25. The zero-order valence-corrected chi connectivity index (χ0v) is 12.3. The van der Waals surface area contributed by atoms with Gasteiger partial charge in [-0.2, -0.15) is 0 Å². The average Bonchev–Trinajstić information content (AvgIpc) is 2.18. The first-order valence-corrected chi connectivity index (χ1v) is 7.91. The quantitative estimate of drug-likeness (QED) is 0.272. The number of nitrogens with zero attached hydrogens (tertiary/aromatic N) is 2. The fraction of sp³-hybridized carbons (Fsp3) is 0.429. The molecule has 1 heterocycles. The first-order valence-electron chi connectivity index (χ1n) is 4.69. The summed E-state index contributed by atoms with van der Waals surface area (Å²) in [5.74, 6) is 0.0478. The van der Waals surface area contributed by atoms with Crippen LogP contribution >= 0.6 is 15.2 Å². The summed E-state index contributed by atoms with van der Waals surface area (Å²) < 4.78 is 23.9. The zero-order valence-electron chi connectivity index (χ0n) is 9.79. The van der Waals surface area contributed by atoms with Gasteiger partial charge >= 0.3 is 21.0 Å². The average molecular weight is 334 g/mol. The normalized spacial score (nSPS) is 12.9. The molecular weight excluding hydrogens is 319 g/mol. The van der Waals surface area contributed by atoms with Crippen LogP contribution in [0.1, 0.15) is 5.82 Å². The molecule has 19 heavy (non-hydrogen) atoms. The lowest BCUT2D eigenvalue weighted by Gasteiger charge is -2.28. The molecule has 1 rings (SSSR count). The van der Waals surface area contributed by atoms with E-state index < -0.39 is 26.6 Å². The third-order valence-corrected chi connectivity index (χ3v) is 6.35. The van der Waals surface area contributed by atoms with Crippen LogP contribution in [0, 0.1) is 0 Å². The molecule has 1 aromatic rings. The Hall–Kier alpha value is -0.370. The molecule has 6 N–H and O–H groups in total. The predicted octanol–water partition coefficient (Wildman–Crippen LogP) is -4.58. The molecule has 0 saturated carbocycles. The highest BCUT2D eigenvalue weighted by molar-refractivity contribution is 7.72. The van der Waals surface area contributed by atoms with Gasteiger partial charge in [0.15, 0.2) is 0 Å². The molecule has 0 amide bonds. The molecule has 0 radical (unpaired) electrons. The molecular formula is C7H14ClN3O6P2. The van der Waals surface area contributed by atoms with Gasteiger partial charge in [0.05, 0.1) is 19.7 Å². The summed E-state index contributed by atoms with van der Waals surface area (Å²) in [6.45, 7) is 0. The van der Waals surface area contributed by atoms with Crippen LogP contribution in [0.25, 0.3) is 0 Å². The van der Waals surface area contributed by atoms with Crippen molar-refractivity contribution >= 4 is 15.2 Å².